The van der Waals surface area contributed by atoms with E-state index in [1.165, 1.54) is 45.2 Å². The molecule has 0 N–H and O–H groups in total. The summed E-state index contributed by atoms with van der Waals surface area (Å²) < 4.78 is 5.39. The highest BCUT2D eigenvalue weighted by Crippen LogP contribution is 2.33. The average molecular weight is 456 g/mol. The summed E-state index contributed by atoms with van der Waals surface area (Å²) in [4.78, 5) is 33.8. The summed E-state index contributed by atoms with van der Waals surface area (Å²) in [7, 11) is 1.69. The minimum absolute atomic E-state index is 0.00702. The maximum Gasteiger partial charge on any atom is 0.255 e. The van der Waals surface area contributed by atoms with Gasteiger partial charge in [-0.05, 0) is 68.7 Å². The molecule has 6 heteroatoms. The number of nitrogens with zero attached hydrogens (tertiary/aromatic N) is 3. The predicted molar refractivity (Wildman–Crippen MR) is 130 cm³/mol. The lowest BCUT2D eigenvalue weighted by atomic mass is 9.83. The third kappa shape index (κ3) is 5.43. The summed E-state index contributed by atoms with van der Waals surface area (Å²) >= 11 is 0. The van der Waals surface area contributed by atoms with Crippen LogP contribution in [0.2, 0.25) is 0 Å². The number of hydrogen-bond donors (Lipinski definition) is 0. The first-order valence-electron chi connectivity index (χ1n) is 12.9. The van der Waals surface area contributed by atoms with Gasteiger partial charge in [-0.2, -0.15) is 0 Å². The molecule has 3 aliphatic heterocycles. The van der Waals surface area contributed by atoms with Gasteiger partial charge in [0.1, 0.15) is 6.04 Å². The Labute approximate surface area is 199 Å². The van der Waals surface area contributed by atoms with Gasteiger partial charge in [-0.3, -0.25) is 9.59 Å². The van der Waals surface area contributed by atoms with Crippen LogP contribution >= 0.6 is 0 Å². The van der Waals surface area contributed by atoms with Crippen molar-refractivity contribution in [1.29, 1.82) is 0 Å². The first-order chi connectivity index (χ1) is 16.0. The van der Waals surface area contributed by atoms with E-state index < -0.39 is 6.04 Å². The molecule has 3 unspecified atom stereocenters. The minimum Gasteiger partial charge on any atom is -0.383 e. The van der Waals surface area contributed by atoms with Gasteiger partial charge in [-0.25, -0.2) is 0 Å². The Hall–Kier alpha value is -1.92. The van der Waals surface area contributed by atoms with Crippen molar-refractivity contribution in [2.45, 2.75) is 71.0 Å². The fourth-order valence-corrected chi connectivity index (χ4v) is 6.11. The lowest BCUT2D eigenvalue weighted by molar-refractivity contribution is -0.139. The molecule has 33 heavy (non-hydrogen) atoms. The Kier molecular flexibility index (Phi) is 8.07. The monoisotopic (exact) mass is 455 g/mol. The van der Waals surface area contributed by atoms with Gasteiger partial charge in [0.25, 0.3) is 5.91 Å². The summed E-state index contributed by atoms with van der Waals surface area (Å²) in [6, 6.07) is 7.94. The van der Waals surface area contributed by atoms with E-state index in [1.807, 2.05) is 34.1 Å². The molecule has 0 aliphatic carbocycles. The van der Waals surface area contributed by atoms with Crippen molar-refractivity contribution in [2.24, 2.45) is 11.8 Å². The Balaban J connectivity index is 1.54. The van der Waals surface area contributed by atoms with E-state index in [1.54, 1.807) is 7.11 Å². The molecule has 3 atom stereocenters. The molecular formula is C27H41N3O3. The molecule has 0 saturated carbocycles. The van der Waals surface area contributed by atoms with Crippen molar-refractivity contribution in [3.8, 4) is 0 Å². The Bertz CT molecular complexity index is 825. The smallest absolute Gasteiger partial charge is 0.255 e. The Morgan fingerprint density at radius 3 is 2.70 bits per heavy atom. The van der Waals surface area contributed by atoms with E-state index in [0.717, 1.165) is 17.7 Å². The van der Waals surface area contributed by atoms with Crippen LogP contribution in [0.3, 0.4) is 0 Å². The fourth-order valence-electron chi connectivity index (χ4n) is 6.11. The minimum atomic E-state index is -0.423. The van der Waals surface area contributed by atoms with E-state index in [9.17, 15) is 9.59 Å². The molecular weight excluding hydrogens is 414 g/mol. The molecule has 1 aromatic rings. The second kappa shape index (κ2) is 11.0. The van der Waals surface area contributed by atoms with Crippen LogP contribution in [0.4, 0.5) is 0 Å². The molecule has 0 radical (unpaired) electrons. The lowest BCUT2D eigenvalue weighted by Crippen LogP contribution is -2.55. The van der Waals surface area contributed by atoms with Crippen molar-refractivity contribution in [2.75, 3.05) is 39.9 Å². The average Bonchev–Trinajstić information content (AvgIpc) is 3.16. The number of benzene rings is 1. The van der Waals surface area contributed by atoms with E-state index in [-0.39, 0.29) is 11.8 Å². The van der Waals surface area contributed by atoms with Crippen LogP contribution in [0.5, 0.6) is 0 Å². The zero-order valence-corrected chi connectivity index (χ0v) is 20.7. The van der Waals surface area contributed by atoms with Gasteiger partial charge in [-0.15, -0.1) is 0 Å². The number of amides is 2. The standard InChI is InChI=1S/C27H41N3O3/c1-20(2)17-25(30-19-21-9-4-5-11-23(21)26(30)31)27(32)29(15-16-33-3)18-22-10-8-14-28-13-7-6-12-24(22)28/h4-5,9,11,20,22,24-25H,6-8,10,12-19H2,1-3H3. The van der Waals surface area contributed by atoms with Gasteiger partial charge >= 0.3 is 0 Å². The Morgan fingerprint density at radius 1 is 1.15 bits per heavy atom. The van der Waals surface area contributed by atoms with Crippen LogP contribution in [-0.4, -0.2) is 78.5 Å². The van der Waals surface area contributed by atoms with E-state index >= 15 is 0 Å². The van der Waals surface area contributed by atoms with Gasteiger partial charge < -0.3 is 19.4 Å². The molecule has 2 amide bonds. The van der Waals surface area contributed by atoms with Gasteiger partial charge in [-0.1, -0.05) is 38.5 Å². The molecule has 182 valence electrons. The highest BCUT2D eigenvalue weighted by Gasteiger charge is 2.40. The second-order valence-corrected chi connectivity index (χ2v) is 10.5. The summed E-state index contributed by atoms with van der Waals surface area (Å²) in [5, 5.41) is 0. The largest absolute Gasteiger partial charge is 0.383 e. The zero-order chi connectivity index (χ0) is 23.4. The molecule has 2 saturated heterocycles. The molecule has 3 aliphatic rings. The number of fused-ring (bicyclic) bond motifs is 2. The van der Waals surface area contributed by atoms with Crippen LogP contribution in [-0.2, 0) is 16.1 Å². The normalized spacial score (nSPS) is 24.0. The maximum atomic E-state index is 14.1. The first kappa shape index (κ1) is 24.2. The van der Waals surface area contributed by atoms with Crippen LogP contribution in [0.15, 0.2) is 24.3 Å². The highest BCUT2D eigenvalue weighted by atomic mass is 16.5. The van der Waals surface area contributed by atoms with E-state index in [2.05, 4.69) is 18.7 Å². The third-order valence-corrected chi connectivity index (χ3v) is 7.77. The molecule has 4 rings (SSSR count). The van der Waals surface area contributed by atoms with Gasteiger partial charge in [0.2, 0.25) is 5.91 Å². The summed E-state index contributed by atoms with van der Waals surface area (Å²) in [6.45, 7) is 9.07. The van der Waals surface area contributed by atoms with Crippen LogP contribution < -0.4 is 0 Å². The van der Waals surface area contributed by atoms with Crippen LogP contribution in [0.25, 0.3) is 0 Å². The number of carbonyl (C=O) groups is 2. The maximum absolute atomic E-state index is 14.1. The molecule has 6 nitrogen and oxygen atoms in total. The SMILES string of the molecule is COCCN(CC1CCCN2CCCCC12)C(=O)C(CC(C)C)N1Cc2ccccc2C1=O. The second-order valence-electron chi connectivity index (χ2n) is 10.5. The number of rotatable bonds is 9. The van der Waals surface area contributed by atoms with Gasteiger partial charge in [0.15, 0.2) is 0 Å². The molecule has 2 fully saturated rings. The molecule has 1 aromatic carbocycles. The summed E-state index contributed by atoms with van der Waals surface area (Å²) in [6.07, 6.45) is 6.90. The van der Waals surface area contributed by atoms with Crippen molar-refractivity contribution >= 4 is 11.8 Å². The molecule has 0 aromatic heterocycles. The van der Waals surface area contributed by atoms with Crippen molar-refractivity contribution in [1.82, 2.24) is 14.7 Å². The molecule has 0 bridgehead atoms. The van der Waals surface area contributed by atoms with E-state index in [0.29, 0.717) is 44.0 Å². The first-order valence-corrected chi connectivity index (χ1v) is 12.9. The van der Waals surface area contributed by atoms with Crippen LogP contribution in [0.1, 0.15) is 68.3 Å². The number of piperidine rings is 2. The lowest BCUT2D eigenvalue weighted by Gasteiger charge is -2.46. The van der Waals surface area contributed by atoms with Gasteiger partial charge in [0, 0.05) is 38.3 Å². The number of methoxy groups -OCH3 is 1. The fraction of sp³-hybridized carbons (Fsp3) is 0.704. The highest BCUT2D eigenvalue weighted by molar-refractivity contribution is 6.01. The number of ether oxygens (including phenoxy) is 1. The topological polar surface area (TPSA) is 53.1 Å². The molecule has 3 heterocycles. The number of hydrogen-bond acceptors (Lipinski definition) is 4. The number of carbonyl (C=O) groups excluding carboxylic acids is 2. The third-order valence-electron chi connectivity index (χ3n) is 7.77. The summed E-state index contributed by atoms with van der Waals surface area (Å²) in [5.41, 5.74) is 1.77. The van der Waals surface area contributed by atoms with Crippen molar-refractivity contribution < 1.29 is 14.3 Å². The summed E-state index contributed by atoms with van der Waals surface area (Å²) in [5.74, 6) is 0.913. The quantitative estimate of drug-likeness (QED) is 0.568. The van der Waals surface area contributed by atoms with Gasteiger partial charge in [0.05, 0.1) is 6.61 Å². The predicted octanol–water partition coefficient (Wildman–Crippen LogP) is 3.80. The zero-order valence-electron chi connectivity index (χ0n) is 20.7. The van der Waals surface area contributed by atoms with Crippen molar-refractivity contribution in [3.63, 3.8) is 0 Å². The Morgan fingerprint density at radius 2 is 1.94 bits per heavy atom. The molecule has 0 spiro atoms. The van der Waals surface area contributed by atoms with Crippen LogP contribution in [0, 0.1) is 11.8 Å². The van der Waals surface area contributed by atoms with Crippen molar-refractivity contribution in [3.05, 3.63) is 35.4 Å². The van der Waals surface area contributed by atoms with E-state index in [4.69, 9.17) is 4.74 Å².